The normalized spacial score (nSPS) is 15.9. The molecule has 40 heavy (non-hydrogen) atoms. The number of imidazole rings is 1. The molecule has 6 nitrogen and oxygen atoms in total. The molecule has 2 aromatic carbocycles. The molecule has 0 saturated carbocycles. The molecule has 0 unspecified atom stereocenters. The SMILES string of the molecule is Cc1ccc(C(=O)Cc2ccc(CN3CC[C@H](N(C)C)C3)c(C(F)(F)F)c2)cc1C#Cc1cnc2cnccn12. The fourth-order valence-electron chi connectivity index (χ4n) is 5.04. The number of rotatable bonds is 6. The first kappa shape index (κ1) is 27.6. The first-order chi connectivity index (χ1) is 19.1. The number of hydrogen-bond donors (Lipinski definition) is 0. The summed E-state index contributed by atoms with van der Waals surface area (Å²) >= 11 is 0. The van der Waals surface area contributed by atoms with Gasteiger partial charge in [-0.15, -0.1) is 0 Å². The van der Waals surface area contributed by atoms with E-state index in [4.69, 9.17) is 0 Å². The van der Waals surface area contributed by atoms with Gasteiger partial charge >= 0.3 is 6.18 Å². The molecule has 0 radical (unpaired) electrons. The Labute approximate surface area is 231 Å². The first-order valence-corrected chi connectivity index (χ1v) is 13.1. The molecule has 1 fully saturated rings. The van der Waals surface area contributed by atoms with E-state index in [1.807, 2.05) is 25.4 Å². The van der Waals surface area contributed by atoms with E-state index in [2.05, 4.69) is 31.6 Å². The van der Waals surface area contributed by atoms with Crippen molar-refractivity contribution in [1.82, 2.24) is 24.2 Å². The van der Waals surface area contributed by atoms with Gasteiger partial charge in [0.15, 0.2) is 11.4 Å². The van der Waals surface area contributed by atoms with Gasteiger partial charge in [0, 0.05) is 55.6 Å². The number of fused-ring (bicyclic) bond motifs is 1. The lowest BCUT2D eigenvalue weighted by Gasteiger charge is -2.22. The quantitative estimate of drug-likeness (QED) is 0.252. The van der Waals surface area contributed by atoms with Crippen molar-refractivity contribution in [2.24, 2.45) is 0 Å². The first-order valence-electron chi connectivity index (χ1n) is 13.1. The van der Waals surface area contributed by atoms with E-state index in [9.17, 15) is 18.0 Å². The average molecular weight is 546 g/mol. The highest BCUT2D eigenvalue weighted by Gasteiger charge is 2.35. The van der Waals surface area contributed by atoms with Crippen molar-refractivity contribution in [1.29, 1.82) is 0 Å². The molecule has 1 aliphatic heterocycles. The highest BCUT2D eigenvalue weighted by atomic mass is 19.4. The molecule has 206 valence electrons. The Morgan fingerprint density at radius 2 is 1.95 bits per heavy atom. The second kappa shape index (κ2) is 11.2. The molecule has 0 bridgehead atoms. The molecule has 5 rings (SSSR count). The lowest BCUT2D eigenvalue weighted by Crippen LogP contribution is -2.31. The Kier molecular flexibility index (Phi) is 7.74. The molecular weight excluding hydrogens is 515 g/mol. The minimum atomic E-state index is -4.50. The van der Waals surface area contributed by atoms with E-state index in [1.54, 1.807) is 49.1 Å². The average Bonchev–Trinajstić information content (AvgIpc) is 3.56. The van der Waals surface area contributed by atoms with Crippen LogP contribution in [0.4, 0.5) is 13.2 Å². The molecule has 2 aromatic heterocycles. The zero-order chi connectivity index (χ0) is 28.4. The van der Waals surface area contributed by atoms with Gasteiger partial charge in [0.2, 0.25) is 0 Å². The van der Waals surface area contributed by atoms with Crippen molar-refractivity contribution in [2.75, 3.05) is 27.2 Å². The number of aromatic nitrogens is 3. The largest absolute Gasteiger partial charge is 0.416 e. The third kappa shape index (κ3) is 6.09. The molecule has 1 atom stereocenters. The predicted molar refractivity (Wildman–Crippen MR) is 147 cm³/mol. The van der Waals surface area contributed by atoms with Crippen LogP contribution in [0.15, 0.2) is 61.2 Å². The van der Waals surface area contributed by atoms with Crippen molar-refractivity contribution in [2.45, 2.75) is 38.5 Å². The van der Waals surface area contributed by atoms with Crippen molar-refractivity contribution in [3.63, 3.8) is 0 Å². The molecular formula is C31H30F3N5O. The second-order valence-corrected chi connectivity index (χ2v) is 10.5. The van der Waals surface area contributed by atoms with Gasteiger partial charge in [-0.2, -0.15) is 13.2 Å². The maximum Gasteiger partial charge on any atom is 0.416 e. The summed E-state index contributed by atoms with van der Waals surface area (Å²) in [6, 6.07) is 9.81. The monoisotopic (exact) mass is 545 g/mol. The zero-order valence-corrected chi connectivity index (χ0v) is 22.7. The van der Waals surface area contributed by atoms with E-state index in [1.165, 1.54) is 6.07 Å². The molecule has 0 aliphatic carbocycles. The van der Waals surface area contributed by atoms with E-state index in [0.29, 0.717) is 34.1 Å². The van der Waals surface area contributed by atoms with Crippen molar-refractivity contribution >= 4 is 11.4 Å². The lowest BCUT2D eigenvalue weighted by atomic mass is 9.96. The van der Waals surface area contributed by atoms with Crippen LogP contribution in [0.1, 0.15) is 50.3 Å². The van der Waals surface area contributed by atoms with Gasteiger partial charge in [0.25, 0.3) is 0 Å². The molecule has 1 saturated heterocycles. The fraction of sp³-hybridized carbons (Fsp3) is 0.323. The third-order valence-electron chi connectivity index (χ3n) is 7.42. The summed E-state index contributed by atoms with van der Waals surface area (Å²) in [6.45, 7) is 3.62. The molecule has 4 aromatic rings. The number of likely N-dealkylation sites (N-methyl/N-ethyl adjacent to an activating group) is 1. The number of halogens is 3. The van der Waals surface area contributed by atoms with Gasteiger partial charge in [-0.3, -0.25) is 19.1 Å². The summed E-state index contributed by atoms with van der Waals surface area (Å²) in [5.41, 5.74) is 3.21. The van der Waals surface area contributed by atoms with Crippen LogP contribution in [0.25, 0.3) is 5.65 Å². The third-order valence-corrected chi connectivity index (χ3v) is 7.42. The summed E-state index contributed by atoms with van der Waals surface area (Å²) in [6.07, 6.45) is 3.00. The van der Waals surface area contributed by atoms with Crippen LogP contribution in [0.2, 0.25) is 0 Å². The zero-order valence-electron chi connectivity index (χ0n) is 22.7. The van der Waals surface area contributed by atoms with Gasteiger partial charge in [-0.1, -0.05) is 30.2 Å². The Morgan fingerprint density at radius 3 is 2.70 bits per heavy atom. The highest BCUT2D eigenvalue weighted by Crippen LogP contribution is 2.34. The number of aryl methyl sites for hydroxylation is 1. The summed E-state index contributed by atoms with van der Waals surface area (Å²) < 4.78 is 43.9. The standard InChI is InChI=1S/C31H30F3N5O/c1-21-4-6-24(16-23(21)8-9-26-17-36-30-18-35-11-13-39(26)30)29(40)15-22-5-7-25(28(14-22)31(32,33)34)19-38-12-10-27(20-38)37(2)3/h4-7,11,13-14,16-18,27H,10,12,15,19-20H2,1-3H3/t27-/m0/s1. The van der Waals surface area contributed by atoms with E-state index >= 15 is 0 Å². The fourth-order valence-corrected chi connectivity index (χ4v) is 5.04. The van der Waals surface area contributed by atoms with Crippen LogP contribution in [0.5, 0.6) is 0 Å². The van der Waals surface area contributed by atoms with E-state index < -0.39 is 11.7 Å². The van der Waals surface area contributed by atoms with E-state index in [-0.39, 0.29) is 24.3 Å². The Hall–Kier alpha value is -4.00. The topological polar surface area (TPSA) is 53.7 Å². The van der Waals surface area contributed by atoms with Crippen LogP contribution in [-0.2, 0) is 19.1 Å². The van der Waals surface area contributed by atoms with Crippen molar-refractivity contribution in [3.05, 3.63) is 100 Å². The van der Waals surface area contributed by atoms with Crippen LogP contribution < -0.4 is 0 Å². The number of benzene rings is 2. The number of ketones is 1. The van der Waals surface area contributed by atoms with Crippen LogP contribution in [0, 0.1) is 18.8 Å². The minimum absolute atomic E-state index is 0.133. The maximum atomic E-state index is 14.0. The Bertz CT molecular complexity index is 1610. The number of nitrogens with zero attached hydrogens (tertiary/aromatic N) is 5. The second-order valence-electron chi connectivity index (χ2n) is 10.5. The molecule has 0 amide bonds. The van der Waals surface area contributed by atoms with Crippen molar-refractivity contribution in [3.8, 4) is 11.8 Å². The maximum absolute atomic E-state index is 14.0. The number of carbonyl (C=O) groups excluding carboxylic acids is 1. The van der Waals surface area contributed by atoms with Gasteiger partial charge in [-0.25, -0.2) is 4.98 Å². The number of carbonyl (C=O) groups is 1. The van der Waals surface area contributed by atoms with Gasteiger partial charge in [0.05, 0.1) is 18.0 Å². The summed E-state index contributed by atoms with van der Waals surface area (Å²) in [5.74, 6) is 5.93. The number of alkyl halides is 3. The summed E-state index contributed by atoms with van der Waals surface area (Å²) in [5, 5.41) is 0. The van der Waals surface area contributed by atoms with Crippen molar-refractivity contribution < 1.29 is 18.0 Å². The van der Waals surface area contributed by atoms with Gasteiger partial charge in [-0.05, 0) is 62.2 Å². The highest BCUT2D eigenvalue weighted by molar-refractivity contribution is 5.98. The van der Waals surface area contributed by atoms with Gasteiger partial charge in [0.1, 0.15) is 5.69 Å². The van der Waals surface area contributed by atoms with Crippen LogP contribution >= 0.6 is 0 Å². The molecule has 0 N–H and O–H groups in total. The Morgan fingerprint density at radius 1 is 1.12 bits per heavy atom. The molecule has 0 spiro atoms. The number of likely N-dealkylation sites (tertiary alicyclic amines) is 1. The summed E-state index contributed by atoms with van der Waals surface area (Å²) in [4.78, 5) is 25.6. The van der Waals surface area contributed by atoms with Crippen LogP contribution in [0.3, 0.4) is 0 Å². The number of hydrogen-bond acceptors (Lipinski definition) is 5. The number of Topliss-reactive ketones (excluding diaryl/α,β-unsaturated/α-hetero) is 1. The van der Waals surface area contributed by atoms with Gasteiger partial charge < -0.3 is 4.90 Å². The lowest BCUT2D eigenvalue weighted by molar-refractivity contribution is -0.138. The van der Waals surface area contributed by atoms with Crippen LogP contribution in [-0.4, -0.2) is 63.2 Å². The molecule has 9 heteroatoms. The molecule has 1 aliphatic rings. The summed E-state index contributed by atoms with van der Waals surface area (Å²) in [7, 11) is 3.98. The smallest absolute Gasteiger partial charge is 0.305 e. The Balaban J connectivity index is 1.34. The predicted octanol–water partition coefficient (Wildman–Crippen LogP) is 5.02. The van der Waals surface area contributed by atoms with E-state index in [0.717, 1.165) is 31.1 Å². The minimum Gasteiger partial charge on any atom is -0.305 e. The molecule has 3 heterocycles.